The number of fused-ring (bicyclic) bond motifs is 1. The number of rotatable bonds is 5. The molecular weight excluding hydrogens is 444 g/mol. The van der Waals surface area contributed by atoms with E-state index in [1.807, 2.05) is 32.0 Å². The molecule has 0 amide bonds. The van der Waals surface area contributed by atoms with Crippen LogP contribution in [-0.4, -0.2) is 64.3 Å². The van der Waals surface area contributed by atoms with Gasteiger partial charge in [-0.3, -0.25) is 14.6 Å². The second-order valence-electron chi connectivity index (χ2n) is 7.22. The summed E-state index contributed by atoms with van der Waals surface area (Å²) in [5, 5.41) is 7.48. The Morgan fingerprint density at radius 1 is 1.24 bits per heavy atom. The number of hydrogen-bond donors (Lipinski definition) is 4. The van der Waals surface area contributed by atoms with Crippen molar-refractivity contribution in [1.29, 1.82) is 5.41 Å². The molecule has 6 N–H and O–H groups in total. The fraction of sp³-hybridized carbons (Fsp3) is 0.333. The third-order valence-corrected chi connectivity index (χ3v) is 5.72. The second-order valence-corrected chi connectivity index (χ2v) is 8.58. The Bertz CT molecular complexity index is 1190. The van der Waals surface area contributed by atoms with E-state index in [4.69, 9.17) is 26.4 Å². The number of aromatic nitrogens is 3. The number of benzene rings is 1. The number of aliphatic imine (C=N–C) groups is 1. The fourth-order valence-electron chi connectivity index (χ4n) is 2.83. The van der Waals surface area contributed by atoms with Crippen LogP contribution in [0, 0.1) is 19.3 Å². The van der Waals surface area contributed by atoms with Gasteiger partial charge in [-0.2, -0.15) is 4.99 Å². The number of methoxy groups -OCH3 is 2. The van der Waals surface area contributed by atoms with E-state index >= 15 is 0 Å². The average molecular weight is 475 g/mol. The Hall–Kier alpha value is -3.67. The molecule has 0 aliphatic heterocycles. The molecule has 33 heavy (non-hydrogen) atoms. The summed E-state index contributed by atoms with van der Waals surface area (Å²) in [5.41, 5.74) is 14.1. The maximum absolute atomic E-state index is 12.7. The Morgan fingerprint density at radius 3 is 2.48 bits per heavy atom. The number of guanidine groups is 2. The largest absolute Gasteiger partial charge is 0.497 e. The maximum atomic E-state index is 12.7. The minimum atomic E-state index is -1.33. The highest BCUT2D eigenvalue weighted by molar-refractivity contribution is 7.84. The first-order valence-electron chi connectivity index (χ1n) is 9.84. The van der Waals surface area contributed by atoms with Crippen LogP contribution >= 0.6 is 0 Å². The van der Waals surface area contributed by atoms with Gasteiger partial charge in [0.05, 0.1) is 47.5 Å². The van der Waals surface area contributed by atoms with E-state index < -0.39 is 10.8 Å². The molecule has 0 fully saturated rings. The monoisotopic (exact) mass is 474 g/mol. The molecular formula is C21H30N8O3S. The number of pyridine rings is 1. The molecule has 0 saturated carbocycles. The standard InChI is InChI=1S/C17H19N3O3S.C4H11N5/c1-10-8-18-15(11(2)16(10)23-4)9-24(21)17-19-13-6-5-12(22-3)7-14(13)20-17;1-9(2)4(7)8-3(5)6/h5-8H,9H2,1-4H3,(H,19,20);1-2H3,(H5,5,6,7,8). The molecule has 11 nitrogen and oxygen atoms in total. The number of nitrogens with zero attached hydrogens (tertiary/aromatic N) is 4. The third-order valence-electron chi connectivity index (χ3n) is 4.56. The van der Waals surface area contributed by atoms with Crippen LogP contribution in [0.15, 0.2) is 34.5 Å². The lowest BCUT2D eigenvalue weighted by Gasteiger charge is -2.11. The van der Waals surface area contributed by atoms with E-state index in [0.29, 0.717) is 5.16 Å². The van der Waals surface area contributed by atoms with Crippen molar-refractivity contribution in [2.24, 2.45) is 16.5 Å². The zero-order valence-electron chi connectivity index (χ0n) is 19.6. The van der Waals surface area contributed by atoms with Gasteiger partial charge in [-0.1, -0.05) is 0 Å². The van der Waals surface area contributed by atoms with E-state index in [1.54, 1.807) is 34.5 Å². The molecule has 0 saturated heterocycles. The quantitative estimate of drug-likeness (QED) is 0.320. The first-order chi connectivity index (χ1) is 15.6. The van der Waals surface area contributed by atoms with Gasteiger partial charge in [0, 0.05) is 37.5 Å². The molecule has 1 aromatic carbocycles. The normalized spacial score (nSPS) is 11.2. The highest BCUT2D eigenvalue weighted by Crippen LogP contribution is 2.26. The van der Waals surface area contributed by atoms with Crippen molar-refractivity contribution >= 4 is 33.8 Å². The Balaban J connectivity index is 0.000000365. The van der Waals surface area contributed by atoms with Crippen LogP contribution in [0.2, 0.25) is 0 Å². The van der Waals surface area contributed by atoms with Crippen molar-refractivity contribution in [3.63, 3.8) is 0 Å². The summed E-state index contributed by atoms with van der Waals surface area (Å²) in [6.45, 7) is 3.86. The molecule has 0 aliphatic carbocycles. The van der Waals surface area contributed by atoms with Crippen LogP contribution in [0.1, 0.15) is 16.8 Å². The minimum Gasteiger partial charge on any atom is -0.497 e. The predicted octanol–water partition coefficient (Wildman–Crippen LogP) is 1.66. The van der Waals surface area contributed by atoms with Gasteiger partial charge >= 0.3 is 0 Å². The van der Waals surface area contributed by atoms with Crippen molar-refractivity contribution in [1.82, 2.24) is 19.9 Å². The van der Waals surface area contributed by atoms with E-state index in [2.05, 4.69) is 19.9 Å². The van der Waals surface area contributed by atoms with Crippen LogP contribution in [-0.2, 0) is 16.6 Å². The highest BCUT2D eigenvalue weighted by Gasteiger charge is 2.16. The molecule has 0 radical (unpaired) electrons. The summed E-state index contributed by atoms with van der Waals surface area (Å²) in [5.74, 6) is 1.75. The predicted molar refractivity (Wildman–Crippen MR) is 130 cm³/mol. The topological polar surface area (TPSA) is 169 Å². The highest BCUT2D eigenvalue weighted by atomic mass is 32.2. The minimum absolute atomic E-state index is 0.0509. The van der Waals surface area contributed by atoms with Crippen molar-refractivity contribution in [3.8, 4) is 11.5 Å². The Kier molecular flexibility index (Phi) is 8.74. The molecule has 3 aromatic rings. The van der Waals surface area contributed by atoms with E-state index in [0.717, 1.165) is 39.4 Å². The van der Waals surface area contributed by atoms with Crippen molar-refractivity contribution in [2.75, 3.05) is 28.3 Å². The molecule has 0 aliphatic rings. The van der Waals surface area contributed by atoms with Crippen molar-refractivity contribution in [2.45, 2.75) is 24.8 Å². The van der Waals surface area contributed by atoms with Crippen LogP contribution in [0.4, 0.5) is 0 Å². The lowest BCUT2D eigenvalue weighted by atomic mass is 10.1. The van der Waals surface area contributed by atoms with Gasteiger partial charge in [-0.25, -0.2) is 4.98 Å². The lowest BCUT2D eigenvalue weighted by molar-refractivity contribution is 0.407. The van der Waals surface area contributed by atoms with Gasteiger partial charge in [0.25, 0.3) is 0 Å². The molecule has 0 spiro atoms. The van der Waals surface area contributed by atoms with Crippen LogP contribution in [0.5, 0.6) is 11.5 Å². The van der Waals surface area contributed by atoms with Gasteiger partial charge < -0.3 is 30.8 Å². The molecule has 1 unspecified atom stereocenters. The number of imidazole rings is 1. The van der Waals surface area contributed by atoms with E-state index in [1.165, 1.54) is 4.90 Å². The molecule has 1 atom stereocenters. The maximum Gasteiger partial charge on any atom is 0.220 e. The van der Waals surface area contributed by atoms with Gasteiger partial charge in [-0.15, -0.1) is 0 Å². The first kappa shape index (κ1) is 25.6. The number of nitrogens with one attached hydrogen (secondary N) is 2. The second kappa shape index (κ2) is 11.3. The molecule has 3 rings (SSSR count). The van der Waals surface area contributed by atoms with Gasteiger partial charge in [-0.05, 0) is 26.0 Å². The number of nitrogens with two attached hydrogens (primary N) is 2. The number of aromatic amines is 1. The summed E-state index contributed by atoms with van der Waals surface area (Å²) < 4.78 is 23.3. The Morgan fingerprint density at radius 2 is 1.94 bits per heavy atom. The van der Waals surface area contributed by atoms with Crippen molar-refractivity contribution < 1.29 is 13.7 Å². The lowest BCUT2D eigenvalue weighted by Crippen LogP contribution is -2.28. The zero-order chi connectivity index (χ0) is 24.7. The van der Waals surface area contributed by atoms with Crippen LogP contribution in [0.25, 0.3) is 11.0 Å². The molecule has 2 aromatic heterocycles. The average Bonchev–Trinajstić information content (AvgIpc) is 3.19. The molecule has 0 bridgehead atoms. The van der Waals surface area contributed by atoms with Gasteiger partial charge in [0.1, 0.15) is 11.5 Å². The number of ether oxygens (including phenoxy) is 2. The fourth-order valence-corrected chi connectivity index (χ4v) is 3.93. The van der Waals surface area contributed by atoms with Crippen LogP contribution in [0.3, 0.4) is 0 Å². The van der Waals surface area contributed by atoms with Crippen LogP contribution < -0.4 is 20.9 Å². The first-order valence-corrected chi connectivity index (χ1v) is 11.2. The molecule has 178 valence electrons. The van der Waals surface area contributed by atoms with Gasteiger partial charge in [0.2, 0.25) is 5.96 Å². The number of H-pyrrole nitrogens is 1. The number of aryl methyl sites for hydroxylation is 1. The third kappa shape index (κ3) is 6.65. The molecule has 2 heterocycles. The summed E-state index contributed by atoms with van der Waals surface area (Å²) in [6.07, 6.45) is 1.74. The summed E-state index contributed by atoms with van der Waals surface area (Å²) in [4.78, 5) is 16.9. The summed E-state index contributed by atoms with van der Waals surface area (Å²) in [7, 11) is 5.28. The number of hydrogen-bond acceptors (Lipinski definition) is 6. The Labute approximate surface area is 195 Å². The summed E-state index contributed by atoms with van der Waals surface area (Å²) in [6, 6.07) is 5.50. The van der Waals surface area contributed by atoms with E-state index in [-0.39, 0.29) is 17.7 Å². The summed E-state index contributed by atoms with van der Waals surface area (Å²) >= 11 is 0. The van der Waals surface area contributed by atoms with Gasteiger partial charge in [0.15, 0.2) is 11.1 Å². The smallest absolute Gasteiger partial charge is 0.220 e. The SMILES string of the molecule is CN(C)C(=N)N=C(N)N.COc1ccc2nc(S(=O)Cc3ncc(C)c(OC)c3C)[nH]c2c1. The van der Waals surface area contributed by atoms with E-state index in [9.17, 15) is 4.21 Å². The molecule has 12 heteroatoms. The zero-order valence-corrected chi connectivity index (χ0v) is 20.4. The van der Waals surface area contributed by atoms with Crippen molar-refractivity contribution in [3.05, 3.63) is 41.2 Å².